The van der Waals surface area contributed by atoms with Crippen molar-refractivity contribution in [1.29, 1.82) is 0 Å². The van der Waals surface area contributed by atoms with Gasteiger partial charge in [-0.3, -0.25) is 0 Å². The summed E-state index contributed by atoms with van der Waals surface area (Å²) >= 11 is 17.0. The summed E-state index contributed by atoms with van der Waals surface area (Å²) in [5.74, 6) is 0. The molecule has 2 saturated heterocycles. The number of halogens is 3. The van der Waals surface area contributed by atoms with Gasteiger partial charge in [0.15, 0.2) is 6.29 Å². The van der Waals surface area contributed by atoms with Gasteiger partial charge in [0, 0.05) is 7.11 Å². The van der Waals surface area contributed by atoms with Gasteiger partial charge in [-0.2, -0.15) is 0 Å². The first-order chi connectivity index (χ1) is 8.38. The highest BCUT2D eigenvalue weighted by molar-refractivity contribution is 6.67. The molecule has 106 valence electrons. The highest BCUT2D eigenvalue weighted by Gasteiger charge is 2.57. The zero-order chi connectivity index (χ0) is 13.5. The van der Waals surface area contributed by atoms with Crippen LogP contribution < -0.4 is 0 Å². The first kappa shape index (κ1) is 15.0. The van der Waals surface area contributed by atoms with Gasteiger partial charge in [-0.1, -0.05) is 34.8 Å². The van der Waals surface area contributed by atoms with E-state index in [0.29, 0.717) is 0 Å². The molecule has 0 spiro atoms. The van der Waals surface area contributed by atoms with Crippen molar-refractivity contribution in [2.75, 3.05) is 13.7 Å². The number of methoxy groups -OCH3 is 1. The van der Waals surface area contributed by atoms with Crippen LogP contribution in [0.25, 0.3) is 0 Å². The summed E-state index contributed by atoms with van der Waals surface area (Å²) in [4.78, 5) is 0. The Balaban J connectivity index is 2.06. The Hall–Kier alpha value is 0.630. The van der Waals surface area contributed by atoms with Gasteiger partial charge in [-0.25, -0.2) is 0 Å². The number of rotatable bonds is 3. The van der Waals surface area contributed by atoms with E-state index < -0.39 is 47.4 Å². The molecule has 0 saturated carbocycles. The summed E-state index contributed by atoms with van der Waals surface area (Å²) < 4.78 is 19.6. The molecule has 0 radical (unpaired) electrons. The Morgan fingerprint density at radius 1 is 1.28 bits per heavy atom. The molecule has 0 aromatic rings. The lowest BCUT2D eigenvalue weighted by molar-refractivity contribution is -0.190. The standard InChI is InChI=1S/C9H13Cl3O6/c1-15-5-4(3(14)2-13)16-7-6(5)17-8(18-7)9(10,11)12/h3-8,13-14H,2H2,1H3/t3-,4+,5+,6-,7-,8+/m1/s1. The highest BCUT2D eigenvalue weighted by atomic mass is 35.6. The average Bonchev–Trinajstić information content (AvgIpc) is 2.83. The van der Waals surface area contributed by atoms with Crippen LogP contribution in [0, 0.1) is 0 Å². The minimum Gasteiger partial charge on any atom is -0.394 e. The number of alkyl halides is 3. The largest absolute Gasteiger partial charge is 0.394 e. The summed E-state index contributed by atoms with van der Waals surface area (Å²) in [6.07, 6.45) is -4.97. The van der Waals surface area contributed by atoms with Gasteiger partial charge in [-0.15, -0.1) is 0 Å². The highest BCUT2D eigenvalue weighted by Crippen LogP contribution is 2.43. The van der Waals surface area contributed by atoms with E-state index in [1.54, 1.807) is 0 Å². The van der Waals surface area contributed by atoms with Gasteiger partial charge in [-0.05, 0) is 0 Å². The number of hydrogen-bond donors (Lipinski definition) is 2. The molecule has 6 nitrogen and oxygen atoms in total. The van der Waals surface area contributed by atoms with Crippen molar-refractivity contribution in [3.63, 3.8) is 0 Å². The summed E-state index contributed by atoms with van der Waals surface area (Å²) in [6.45, 7) is -0.460. The fourth-order valence-electron chi connectivity index (χ4n) is 2.04. The number of aliphatic hydroxyl groups excluding tert-OH is 2. The molecule has 0 bridgehead atoms. The maximum absolute atomic E-state index is 9.60. The van der Waals surface area contributed by atoms with Gasteiger partial charge in [0.05, 0.1) is 6.61 Å². The van der Waals surface area contributed by atoms with E-state index in [9.17, 15) is 5.11 Å². The van der Waals surface area contributed by atoms with E-state index in [4.69, 9.17) is 58.9 Å². The van der Waals surface area contributed by atoms with Crippen LogP contribution in [0.3, 0.4) is 0 Å². The Labute approximate surface area is 119 Å². The number of fused-ring (bicyclic) bond motifs is 1. The molecule has 0 aliphatic carbocycles. The first-order valence-electron chi connectivity index (χ1n) is 5.23. The molecule has 0 aromatic carbocycles. The minimum atomic E-state index is -1.74. The van der Waals surface area contributed by atoms with Gasteiger partial charge in [0.25, 0.3) is 0 Å². The molecule has 2 fully saturated rings. The van der Waals surface area contributed by atoms with E-state index in [0.717, 1.165) is 0 Å². The molecule has 0 unspecified atom stereocenters. The summed E-state index contributed by atoms with van der Waals surface area (Å²) in [5.41, 5.74) is 0. The number of ether oxygens (including phenoxy) is 4. The van der Waals surface area contributed by atoms with Gasteiger partial charge < -0.3 is 29.2 Å². The Morgan fingerprint density at radius 3 is 2.44 bits per heavy atom. The predicted octanol–water partition coefficient (Wildman–Crippen LogP) is 0.191. The van der Waals surface area contributed by atoms with Crippen LogP contribution in [0.15, 0.2) is 0 Å². The van der Waals surface area contributed by atoms with Crippen molar-refractivity contribution >= 4 is 34.8 Å². The van der Waals surface area contributed by atoms with Gasteiger partial charge in [0.2, 0.25) is 10.1 Å². The molecule has 2 aliphatic rings. The lowest BCUT2D eigenvalue weighted by Crippen LogP contribution is -2.43. The Kier molecular flexibility index (Phi) is 4.64. The lowest BCUT2D eigenvalue weighted by Gasteiger charge is -2.26. The smallest absolute Gasteiger partial charge is 0.241 e. The molecule has 2 rings (SSSR count). The van der Waals surface area contributed by atoms with Crippen LogP contribution >= 0.6 is 34.8 Å². The summed E-state index contributed by atoms with van der Waals surface area (Å²) in [6, 6.07) is 0. The van der Waals surface area contributed by atoms with Gasteiger partial charge >= 0.3 is 0 Å². The quantitative estimate of drug-likeness (QED) is 0.722. The lowest BCUT2D eigenvalue weighted by atomic mass is 10.1. The van der Waals surface area contributed by atoms with Crippen LogP contribution in [-0.4, -0.2) is 64.7 Å². The molecule has 0 aromatic heterocycles. The Morgan fingerprint density at radius 2 is 1.94 bits per heavy atom. The molecular weight excluding hydrogens is 310 g/mol. The van der Waals surface area contributed by atoms with Crippen LogP contribution in [-0.2, 0) is 18.9 Å². The van der Waals surface area contributed by atoms with E-state index in [2.05, 4.69) is 0 Å². The molecule has 2 heterocycles. The monoisotopic (exact) mass is 322 g/mol. The summed E-state index contributed by atoms with van der Waals surface area (Å²) in [7, 11) is 1.43. The average molecular weight is 324 g/mol. The maximum Gasteiger partial charge on any atom is 0.241 e. The predicted molar refractivity (Wildman–Crippen MR) is 62.6 cm³/mol. The first-order valence-corrected chi connectivity index (χ1v) is 6.36. The topological polar surface area (TPSA) is 77.4 Å². The fourth-order valence-corrected chi connectivity index (χ4v) is 2.34. The SMILES string of the molecule is CO[C@H]1[C@H]([C@H](O)CO)O[C@@H]2O[C@@H](C(Cl)(Cl)Cl)O[C@@H]21. The zero-order valence-corrected chi connectivity index (χ0v) is 11.6. The van der Waals surface area contributed by atoms with Crippen molar-refractivity contribution in [3.05, 3.63) is 0 Å². The molecular formula is C9H13Cl3O6. The van der Waals surface area contributed by atoms with Crippen LogP contribution in [0.1, 0.15) is 0 Å². The second-order valence-electron chi connectivity index (χ2n) is 4.03. The third-order valence-electron chi connectivity index (χ3n) is 2.85. The number of hydrogen-bond acceptors (Lipinski definition) is 6. The van der Waals surface area contributed by atoms with Crippen molar-refractivity contribution in [3.8, 4) is 0 Å². The third kappa shape index (κ3) is 2.72. The van der Waals surface area contributed by atoms with Crippen LogP contribution in [0.2, 0.25) is 0 Å². The molecule has 2 aliphatic heterocycles. The Bertz CT molecular complexity index is 299. The van der Waals surface area contributed by atoms with Gasteiger partial charge in [0.1, 0.15) is 24.4 Å². The molecule has 18 heavy (non-hydrogen) atoms. The zero-order valence-electron chi connectivity index (χ0n) is 9.33. The molecule has 2 N–H and O–H groups in total. The second-order valence-corrected chi connectivity index (χ2v) is 6.40. The molecule has 6 atom stereocenters. The van der Waals surface area contributed by atoms with Crippen LogP contribution in [0.4, 0.5) is 0 Å². The van der Waals surface area contributed by atoms with E-state index in [-0.39, 0.29) is 0 Å². The van der Waals surface area contributed by atoms with E-state index in [1.807, 2.05) is 0 Å². The molecule has 0 amide bonds. The second kappa shape index (κ2) is 5.55. The van der Waals surface area contributed by atoms with Crippen molar-refractivity contribution in [2.24, 2.45) is 0 Å². The van der Waals surface area contributed by atoms with E-state index >= 15 is 0 Å². The van der Waals surface area contributed by atoms with E-state index in [1.165, 1.54) is 7.11 Å². The maximum atomic E-state index is 9.60. The molecule has 9 heteroatoms. The van der Waals surface area contributed by atoms with Crippen molar-refractivity contribution in [2.45, 2.75) is 40.8 Å². The minimum absolute atomic E-state index is 0.460. The third-order valence-corrected chi connectivity index (χ3v) is 3.39. The van der Waals surface area contributed by atoms with Crippen molar-refractivity contribution < 1.29 is 29.2 Å². The van der Waals surface area contributed by atoms with Crippen molar-refractivity contribution in [1.82, 2.24) is 0 Å². The summed E-state index contributed by atoms with van der Waals surface area (Å²) in [5, 5.41) is 18.5. The normalized spacial score (nSPS) is 42.0. The number of aliphatic hydroxyl groups is 2. The fraction of sp³-hybridized carbons (Fsp3) is 1.00. The van der Waals surface area contributed by atoms with Crippen LogP contribution in [0.5, 0.6) is 0 Å².